The number of rotatable bonds is 4. The summed E-state index contributed by atoms with van der Waals surface area (Å²) in [7, 11) is -3.78. The number of phenols is 1. The van der Waals surface area contributed by atoms with E-state index in [0.717, 1.165) is 16.2 Å². The number of primary sulfonamides is 1. The van der Waals surface area contributed by atoms with Crippen LogP contribution in [0.2, 0.25) is 0 Å². The number of aromatic hydroxyl groups is 1. The van der Waals surface area contributed by atoms with Crippen molar-refractivity contribution in [1.82, 2.24) is 0 Å². The molecule has 0 bridgehead atoms. The van der Waals surface area contributed by atoms with Gasteiger partial charge in [0.25, 0.3) is 0 Å². The molecule has 2 rings (SSSR count). The summed E-state index contributed by atoms with van der Waals surface area (Å²) in [4.78, 5) is 0.826. The summed E-state index contributed by atoms with van der Waals surface area (Å²) in [6, 6.07) is 7.90. The van der Waals surface area contributed by atoms with Crippen molar-refractivity contribution in [3.8, 4) is 5.75 Å². The Balaban J connectivity index is 2.40. The fourth-order valence-electron chi connectivity index (χ4n) is 1.50. The summed E-state index contributed by atoms with van der Waals surface area (Å²) < 4.78 is 23.4. The van der Waals surface area contributed by atoms with E-state index in [1.54, 1.807) is 31.2 Å². The van der Waals surface area contributed by atoms with Gasteiger partial charge in [-0.25, -0.2) is 13.6 Å². The van der Waals surface area contributed by atoms with Crippen LogP contribution in [0.4, 0.5) is 0 Å². The molecule has 1 aromatic heterocycles. The van der Waals surface area contributed by atoms with Gasteiger partial charge in [0, 0.05) is 10.5 Å². The van der Waals surface area contributed by atoms with Crippen LogP contribution in [-0.2, 0) is 10.0 Å². The molecule has 1 heterocycles. The minimum absolute atomic E-state index is 0.0229. The zero-order valence-electron chi connectivity index (χ0n) is 10.5. The number of hydrogen-bond donors (Lipinski definition) is 3. The zero-order valence-corrected chi connectivity index (χ0v) is 12.9. The first-order valence-electron chi connectivity index (χ1n) is 5.59. The summed E-state index contributed by atoms with van der Waals surface area (Å²) in [6.45, 7) is 1.57. The lowest BCUT2D eigenvalue weighted by Crippen LogP contribution is -2.10. The molecule has 0 fully saturated rings. The third kappa shape index (κ3) is 3.53. The van der Waals surface area contributed by atoms with Crippen LogP contribution in [0.5, 0.6) is 5.75 Å². The van der Waals surface area contributed by atoms with E-state index in [2.05, 4.69) is 0 Å². The van der Waals surface area contributed by atoms with E-state index < -0.39 is 16.1 Å². The number of benzene rings is 1. The molecular formula is C12H13NO4S3. The maximum absolute atomic E-state index is 11.4. The van der Waals surface area contributed by atoms with Crippen LogP contribution in [0.1, 0.15) is 18.6 Å². The number of hydrogen-bond acceptors (Lipinski definition) is 6. The van der Waals surface area contributed by atoms with E-state index in [0.29, 0.717) is 9.77 Å². The average molecular weight is 331 g/mol. The Labute approximate surface area is 125 Å². The third-order valence-electron chi connectivity index (χ3n) is 2.48. The van der Waals surface area contributed by atoms with Gasteiger partial charge in [0.2, 0.25) is 10.0 Å². The minimum atomic E-state index is -3.78. The Morgan fingerprint density at radius 3 is 2.40 bits per heavy atom. The van der Waals surface area contributed by atoms with Gasteiger partial charge in [-0.15, -0.1) is 11.3 Å². The lowest BCUT2D eigenvalue weighted by molar-refractivity contribution is 0.197. The predicted molar refractivity (Wildman–Crippen MR) is 78.6 cm³/mol. The largest absolute Gasteiger partial charge is 0.508 e. The van der Waals surface area contributed by atoms with Crippen LogP contribution < -0.4 is 5.14 Å². The summed E-state index contributed by atoms with van der Waals surface area (Å²) in [5, 5.41) is 24.1. The van der Waals surface area contributed by atoms with Gasteiger partial charge in [-0.2, -0.15) is 0 Å². The van der Waals surface area contributed by atoms with Crippen molar-refractivity contribution in [1.29, 1.82) is 0 Å². The molecule has 0 aliphatic carbocycles. The first-order chi connectivity index (χ1) is 9.27. The highest BCUT2D eigenvalue weighted by Crippen LogP contribution is 2.41. The second-order valence-corrected chi connectivity index (χ2v) is 8.31. The van der Waals surface area contributed by atoms with Crippen LogP contribution in [0.15, 0.2) is 43.6 Å². The lowest BCUT2D eigenvalue weighted by Gasteiger charge is -2.05. The van der Waals surface area contributed by atoms with Gasteiger partial charge < -0.3 is 10.2 Å². The number of nitrogens with two attached hydrogens (primary N) is 1. The van der Waals surface area contributed by atoms with Crippen LogP contribution in [0, 0.1) is 0 Å². The van der Waals surface area contributed by atoms with E-state index in [1.165, 1.54) is 17.8 Å². The van der Waals surface area contributed by atoms with Crippen molar-refractivity contribution in [2.45, 2.75) is 26.3 Å². The Morgan fingerprint density at radius 1 is 1.30 bits per heavy atom. The highest BCUT2D eigenvalue weighted by atomic mass is 32.3. The van der Waals surface area contributed by atoms with Crippen molar-refractivity contribution >= 4 is 33.1 Å². The molecule has 0 saturated heterocycles. The molecule has 0 spiro atoms. The SMILES string of the molecule is CC(O)c1cc(S(N)(=O)=O)sc1Sc1ccc(O)cc1. The van der Waals surface area contributed by atoms with Gasteiger partial charge in [-0.3, -0.25) is 0 Å². The van der Waals surface area contributed by atoms with Crippen LogP contribution >= 0.6 is 23.1 Å². The molecule has 0 radical (unpaired) electrons. The Kier molecular flexibility index (Phi) is 4.40. The van der Waals surface area contributed by atoms with Gasteiger partial charge in [-0.05, 0) is 37.3 Å². The van der Waals surface area contributed by atoms with Crippen molar-refractivity contribution in [3.05, 3.63) is 35.9 Å². The van der Waals surface area contributed by atoms with Crippen molar-refractivity contribution in [2.24, 2.45) is 5.14 Å². The highest BCUT2D eigenvalue weighted by molar-refractivity contribution is 8.01. The topological polar surface area (TPSA) is 101 Å². The molecule has 8 heteroatoms. The number of sulfonamides is 1. The molecule has 20 heavy (non-hydrogen) atoms. The van der Waals surface area contributed by atoms with Crippen molar-refractivity contribution in [3.63, 3.8) is 0 Å². The molecule has 1 atom stereocenters. The second-order valence-electron chi connectivity index (χ2n) is 4.13. The zero-order chi connectivity index (χ0) is 14.9. The molecule has 5 nitrogen and oxygen atoms in total. The fraction of sp³-hybridized carbons (Fsp3) is 0.167. The average Bonchev–Trinajstić information content (AvgIpc) is 2.76. The normalized spacial score (nSPS) is 13.3. The third-order valence-corrected chi connectivity index (χ3v) is 6.27. The summed E-state index contributed by atoms with van der Waals surface area (Å²) in [5.41, 5.74) is 0.525. The Morgan fingerprint density at radius 2 is 1.90 bits per heavy atom. The first kappa shape index (κ1) is 15.3. The maximum atomic E-state index is 11.4. The van der Waals surface area contributed by atoms with Crippen molar-refractivity contribution < 1.29 is 18.6 Å². The summed E-state index contributed by atoms with van der Waals surface area (Å²) in [5.74, 6) is 0.154. The molecule has 108 valence electrons. The van der Waals surface area contributed by atoms with Gasteiger partial charge in [0.15, 0.2) is 0 Å². The molecule has 4 N–H and O–H groups in total. The Hall–Kier alpha value is -1.06. The molecule has 1 unspecified atom stereocenters. The van der Waals surface area contributed by atoms with Gasteiger partial charge in [-0.1, -0.05) is 11.8 Å². The van der Waals surface area contributed by atoms with Crippen LogP contribution in [0.25, 0.3) is 0 Å². The minimum Gasteiger partial charge on any atom is -0.508 e. The molecule has 0 aliphatic rings. The lowest BCUT2D eigenvalue weighted by atomic mass is 10.2. The number of aliphatic hydroxyl groups is 1. The summed E-state index contributed by atoms with van der Waals surface area (Å²) >= 11 is 2.34. The summed E-state index contributed by atoms with van der Waals surface area (Å²) in [6.07, 6.45) is -0.790. The number of phenolic OH excluding ortho intramolecular Hbond substituents is 1. The van der Waals surface area contributed by atoms with E-state index in [9.17, 15) is 18.6 Å². The molecule has 1 aromatic carbocycles. The number of thiophene rings is 1. The standard InChI is InChI=1S/C12H13NO4S3/c1-7(14)10-6-11(20(13,16)17)19-12(10)18-9-4-2-8(15)3-5-9/h2-7,14-15H,1H3,(H2,13,16,17). The van der Waals surface area contributed by atoms with E-state index in [4.69, 9.17) is 5.14 Å². The van der Waals surface area contributed by atoms with Gasteiger partial charge in [0.05, 0.1) is 10.3 Å². The Bertz CT molecular complexity index is 705. The molecule has 0 aliphatic heterocycles. The second kappa shape index (κ2) is 5.74. The smallest absolute Gasteiger partial charge is 0.247 e. The van der Waals surface area contributed by atoms with Gasteiger partial charge in [0.1, 0.15) is 9.96 Å². The molecule has 0 amide bonds. The van der Waals surface area contributed by atoms with E-state index in [1.807, 2.05) is 0 Å². The first-order valence-corrected chi connectivity index (χ1v) is 8.77. The van der Waals surface area contributed by atoms with Crippen LogP contribution in [-0.4, -0.2) is 18.6 Å². The maximum Gasteiger partial charge on any atom is 0.247 e. The van der Waals surface area contributed by atoms with Crippen LogP contribution in [0.3, 0.4) is 0 Å². The van der Waals surface area contributed by atoms with E-state index in [-0.39, 0.29) is 9.96 Å². The molecule has 2 aromatic rings. The quantitative estimate of drug-likeness (QED) is 0.798. The van der Waals surface area contributed by atoms with Gasteiger partial charge >= 0.3 is 0 Å². The van der Waals surface area contributed by atoms with Crippen molar-refractivity contribution in [2.75, 3.05) is 0 Å². The molecular weight excluding hydrogens is 318 g/mol. The molecule has 0 saturated carbocycles. The monoisotopic (exact) mass is 331 g/mol. The van der Waals surface area contributed by atoms with E-state index >= 15 is 0 Å². The highest BCUT2D eigenvalue weighted by Gasteiger charge is 2.20. The fourth-order valence-corrected chi connectivity index (χ4v) is 4.94. The number of aliphatic hydroxyl groups excluding tert-OH is 1. The predicted octanol–water partition coefficient (Wildman–Crippen LogP) is 2.31.